The summed E-state index contributed by atoms with van der Waals surface area (Å²) in [6, 6.07) is 8.05. The Hall–Kier alpha value is -1.60. The fourth-order valence-corrected chi connectivity index (χ4v) is 3.00. The van der Waals surface area contributed by atoms with E-state index in [2.05, 4.69) is 27.3 Å². The maximum atomic E-state index is 11.5. The van der Waals surface area contributed by atoms with Crippen molar-refractivity contribution in [3.63, 3.8) is 0 Å². The molecule has 0 aromatic heterocycles. The van der Waals surface area contributed by atoms with Crippen molar-refractivity contribution in [2.45, 2.75) is 38.6 Å². The van der Waals surface area contributed by atoms with Crippen LogP contribution in [-0.4, -0.2) is 34.0 Å². The first-order chi connectivity index (χ1) is 10.9. The summed E-state index contributed by atoms with van der Waals surface area (Å²) in [5, 5.41) is 6.66. The fourth-order valence-electron chi connectivity index (χ4n) is 2.22. The van der Waals surface area contributed by atoms with Crippen LogP contribution < -0.4 is 15.4 Å². The zero-order valence-corrected chi connectivity index (χ0v) is 14.8. The molecule has 0 bridgehead atoms. The third-order valence-electron chi connectivity index (χ3n) is 3.89. The summed E-state index contributed by atoms with van der Waals surface area (Å²) in [5.41, 5.74) is 1.82. The molecule has 0 aliphatic heterocycles. The van der Waals surface area contributed by atoms with Crippen molar-refractivity contribution in [2.24, 2.45) is 10.9 Å². The molecule has 1 fully saturated rings. The van der Waals surface area contributed by atoms with Crippen LogP contribution in [0.15, 0.2) is 29.3 Å². The monoisotopic (exact) mass is 338 g/mol. The van der Waals surface area contributed by atoms with Crippen molar-refractivity contribution < 1.29 is 8.42 Å². The minimum atomic E-state index is -3.23. The van der Waals surface area contributed by atoms with Gasteiger partial charge in [-0.3, -0.25) is 0 Å². The van der Waals surface area contributed by atoms with E-state index in [0.29, 0.717) is 18.5 Å². The molecular formula is C16H26N4O2S. The van der Waals surface area contributed by atoms with Gasteiger partial charge in [-0.15, -0.1) is 0 Å². The number of sulfonamides is 1. The summed E-state index contributed by atoms with van der Waals surface area (Å²) in [6.45, 7) is 5.66. The molecule has 2 unspecified atom stereocenters. The predicted molar refractivity (Wildman–Crippen MR) is 93.6 cm³/mol. The second kappa shape index (κ2) is 7.79. The summed E-state index contributed by atoms with van der Waals surface area (Å²) < 4.78 is 25.4. The van der Waals surface area contributed by atoms with Crippen LogP contribution in [0.1, 0.15) is 31.4 Å². The van der Waals surface area contributed by atoms with Crippen LogP contribution in [0.5, 0.6) is 0 Å². The molecule has 0 saturated heterocycles. The molecule has 128 valence electrons. The maximum absolute atomic E-state index is 11.5. The minimum absolute atomic E-state index is 0.00316. The molecule has 1 aromatic carbocycles. The number of hydrogen-bond donors (Lipinski definition) is 3. The van der Waals surface area contributed by atoms with E-state index >= 15 is 0 Å². The summed E-state index contributed by atoms with van der Waals surface area (Å²) in [5.74, 6) is 1.55. The topological polar surface area (TPSA) is 82.6 Å². The summed E-state index contributed by atoms with van der Waals surface area (Å²) in [7, 11) is -1.80. The zero-order chi connectivity index (χ0) is 16.9. The average molecular weight is 338 g/mol. The smallest absolute Gasteiger partial charge is 0.215 e. The quantitative estimate of drug-likeness (QED) is 0.515. The number of nitrogens with zero attached hydrogens (tertiary/aromatic N) is 1. The van der Waals surface area contributed by atoms with E-state index in [1.165, 1.54) is 13.5 Å². The summed E-state index contributed by atoms with van der Waals surface area (Å²) in [4.78, 5) is 4.58. The van der Waals surface area contributed by atoms with Gasteiger partial charge in [0.1, 0.15) is 0 Å². The predicted octanol–water partition coefficient (Wildman–Crippen LogP) is 1.20. The molecule has 6 nitrogen and oxygen atoms in total. The van der Waals surface area contributed by atoms with E-state index in [9.17, 15) is 8.42 Å². The Morgan fingerprint density at radius 2 is 1.87 bits per heavy atom. The molecule has 0 amide bonds. The maximum Gasteiger partial charge on any atom is 0.215 e. The third-order valence-corrected chi connectivity index (χ3v) is 5.22. The van der Waals surface area contributed by atoms with Crippen LogP contribution in [-0.2, 0) is 22.3 Å². The van der Waals surface area contributed by atoms with Gasteiger partial charge < -0.3 is 10.6 Å². The molecule has 1 aliphatic carbocycles. The van der Waals surface area contributed by atoms with Crippen molar-refractivity contribution in [1.29, 1.82) is 0 Å². The van der Waals surface area contributed by atoms with Crippen LogP contribution in [0.2, 0.25) is 0 Å². The van der Waals surface area contributed by atoms with Gasteiger partial charge in [-0.05, 0) is 37.4 Å². The Bertz CT molecular complexity index is 641. The van der Waals surface area contributed by atoms with Gasteiger partial charge in [0.05, 0.1) is 12.3 Å². The first-order valence-electron chi connectivity index (χ1n) is 7.97. The molecule has 0 heterocycles. The lowest BCUT2D eigenvalue weighted by Gasteiger charge is -2.11. The van der Waals surface area contributed by atoms with Gasteiger partial charge in [-0.25, -0.2) is 18.1 Å². The first-order valence-corrected chi connectivity index (χ1v) is 9.62. The van der Waals surface area contributed by atoms with Crippen molar-refractivity contribution in [3.8, 4) is 0 Å². The molecule has 1 aromatic rings. The fraction of sp³-hybridized carbons (Fsp3) is 0.562. The highest BCUT2D eigenvalue weighted by Gasteiger charge is 2.33. The molecule has 23 heavy (non-hydrogen) atoms. The highest BCUT2D eigenvalue weighted by molar-refractivity contribution is 7.88. The average Bonchev–Trinajstić information content (AvgIpc) is 3.21. The largest absolute Gasteiger partial charge is 0.357 e. The van der Waals surface area contributed by atoms with Gasteiger partial charge in [0.2, 0.25) is 10.0 Å². The van der Waals surface area contributed by atoms with Crippen molar-refractivity contribution in [2.75, 3.05) is 13.6 Å². The van der Waals surface area contributed by atoms with E-state index in [1.54, 1.807) is 0 Å². The standard InChI is InChI=1S/C16H26N4O2S/c1-4-18-16(20-15-9-12(15)2)19-10-13-5-7-14(8-6-13)11-23(21,22)17-3/h5-8,12,15,17H,4,9-11H2,1-3H3,(H2,18,19,20). The molecule has 1 saturated carbocycles. The van der Waals surface area contributed by atoms with Crippen LogP contribution in [0.4, 0.5) is 0 Å². The molecule has 1 aliphatic rings. The van der Waals surface area contributed by atoms with Crippen LogP contribution in [0, 0.1) is 5.92 Å². The lowest BCUT2D eigenvalue weighted by atomic mass is 10.1. The van der Waals surface area contributed by atoms with Crippen LogP contribution in [0.25, 0.3) is 0 Å². The van der Waals surface area contributed by atoms with E-state index in [-0.39, 0.29) is 5.75 Å². The van der Waals surface area contributed by atoms with Gasteiger partial charge in [0.25, 0.3) is 0 Å². The SMILES string of the molecule is CCNC(=NCc1ccc(CS(=O)(=O)NC)cc1)NC1CC1C. The van der Waals surface area contributed by atoms with E-state index in [1.807, 2.05) is 31.2 Å². The highest BCUT2D eigenvalue weighted by Crippen LogP contribution is 2.28. The number of nitrogens with one attached hydrogen (secondary N) is 3. The molecule has 2 atom stereocenters. The number of aliphatic imine (C=N–C) groups is 1. The summed E-state index contributed by atoms with van der Waals surface area (Å²) in [6.07, 6.45) is 1.19. The van der Waals surface area contributed by atoms with Gasteiger partial charge in [-0.2, -0.15) is 0 Å². The van der Waals surface area contributed by atoms with Gasteiger partial charge in [0.15, 0.2) is 5.96 Å². The lowest BCUT2D eigenvalue weighted by molar-refractivity contribution is 0.587. The first kappa shape index (κ1) is 17.7. The lowest BCUT2D eigenvalue weighted by Crippen LogP contribution is -2.39. The number of rotatable bonds is 7. The van der Waals surface area contributed by atoms with Gasteiger partial charge in [-0.1, -0.05) is 31.2 Å². The Morgan fingerprint density at radius 3 is 2.39 bits per heavy atom. The number of hydrogen-bond acceptors (Lipinski definition) is 3. The Labute approximate surface area is 138 Å². The normalized spacial score (nSPS) is 21.1. The Balaban J connectivity index is 1.94. The Kier molecular flexibility index (Phi) is 6.01. The van der Waals surface area contributed by atoms with Crippen molar-refractivity contribution in [1.82, 2.24) is 15.4 Å². The molecule has 0 spiro atoms. The van der Waals surface area contributed by atoms with Gasteiger partial charge in [0, 0.05) is 12.6 Å². The van der Waals surface area contributed by atoms with E-state index in [4.69, 9.17) is 0 Å². The second-order valence-electron chi connectivity index (χ2n) is 5.94. The number of guanidine groups is 1. The minimum Gasteiger partial charge on any atom is -0.357 e. The summed E-state index contributed by atoms with van der Waals surface area (Å²) >= 11 is 0. The highest BCUT2D eigenvalue weighted by atomic mass is 32.2. The molecule has 7 heteroatoms. The van der Waals surface area contributed by atoms with Crippen molar-refractivity contribution >= 4 is 16.0 Å². The molecular weight excluding hydrogens is 312 g/mol. The second-order valence-corrected chi connectivity index (χ2v) is 7.87. The van der Waals surface area contributed by atoms with E-state index in [0.717, 1.165) is 23.6 Å². The molecule has 0 radical (unpaired) electrons. The number of benzene rings is 1. The molecule has 2 rings (SSSR count). The van der Waals surface area contributed by atoms with Gasteiger partial charge >= 0.3 is 0 Å². The van der Waals surface area contributed by atoms with E-state index < -0.39 is 10.0 Å². The third kappa shape index (κ3) is 5.84. The Morgan fingerprint density at radius 1 is 1.26 bits per heavy atom. The zero-order valence-electron chi connectivity index (χ0n) is 14.0. The van der Waals surface area contributed by atoms with Crippen molar-refractivity contribution in [3.05, 3.63) is 35.4 Å². The van der Waals surface area contributed by atoms with Crippen LogP contribution >= 0.6 is 0 Å². The molecule has 3 N–H and O–H groups in total. The van der Waals surface area contributed by atoms with Crippen LogP contribution in [0.3, 0.4) is 0 Å².